The summed E-state index contributed by atoms with van der Waals surface area (Å²) in [6, 6.07) is 23.9. The Morgan fingerprint density at radius 3 is 2.33 bits per heavy atom. The number of hydrogen-bond donors (Lipinski definition) is 2. The number of benzene rings is 3. The lowest BCUT2D eigenvalue weighted by atomic mass is 10.2. The van der Waals surface area contributed by atoms with Gasteiger partial charge in [-0.1, -0.05) is 43.3 Å². The number of phenolic OH excluding ortho intramolecular Hbond substituents is 2. The van der Waals surface area contributed by atoms with E-state index in [4.69, 9.17) is 19.7 Å². The number of rotatable bonds is 4. The van der Waals surface area contributed by atoms with Gasteiger partial charge in [0.1, 0.15) is 29.6 Å². The number of para-hydroxylation sites is 2. The lowest BCUT2D eigenvalue weighted by Crippen LogP contribution is -2.25. The maximum absolute atomic E-state index is 9.12. The van der Waals surface area contributed by atoms with Gasteiger partial charge in [0.2, 0.25) is 0 Å². The lowest BCUT2D eigenvalue weighted by Gasteiger charge is -2.15. The van der Waals surface area contributed by atoms with E-state index < -0.39 is 0 Å². The predicted octanol–water partition coefficient (Wildman–Crippen LogP) is 5.68. The minimum atomic E-state index is 0.307. The molecular weight excluding hydrogens is 434 g/mol. The van der Waals surface area contributed by atoms with Crippen molar-refractivity contribution < 1.29 is 19.7 Å². The summed E-state index contributed by atoms with van der Waals surface area (Å²) in [6.45, 7) is 7.41. The van der Waals surface area contributed by atoms with Crippen LogP contribution in [-0.4, -0.2) is 53.7 Å². The molecule has 1 atom stereocenters. The molecule has 2 aliphatic heterocycles. The molecule has 5 rings (SSSR count). The fourth-order valence-electron chi connectivity index (χ4n) is 3.50. The van der Waals surface area contributed by atoms with Crippen LogP contribution in [0.1, 0.15) is 13.3 Å². The third kappa shape index (κ3) is 9.28. The van der Waals surface area contributed by atoms with Crippen molar-refractivity contribution in [2.24, 2.45) is 5.92 Å². The molecule has 1 fully saturated rings. The van der Waals surface area contributed by atoms with Gasteiger partial charge in [-0.3, -0.25) is 4.90 Å². The van der Waals surface area contributed by atoms with Crippen molar-refractivity contribution >= 4 is 11.8 Å². The molecule has 0 radical (unpaired) electrons. The van der Waals surface area contributed by atoms with Gasteiger partial charge < -0.3 is 19.7 Å². The van der Waals surface area contributed by atoms with Gasteiger partial charge in [-0.2, -0.15) is 0 Å². The van der Waals surface area contributed by atoms with Gasteiger partial charge in [0.05, 0.1) is 11.5 Å². The number of thioether (sulfide) groups is 1. The Labute approximate surface area is 201 Å². The molecule has 2 heterocycles. The fraction of sp³-hybridized carbons (Fsp3) is 0.333. The second-order valence-corrected chi connectivity index (χ2v) is 9.16. The maximum atomic E-state index is 9.12. The van der Waals surface area contributed by atoms with E-state index in [1.165, 1.54) is 19.5 Å². The first-order valence-electron chi connectivity index (χ1n) is 11.3. The van der Waals surface area contributed by atoms with Gasteiger partial charge in [0.25, 0.3) is 0 Å². The number of nitrogens with zero attached hydrogens (tertiary/aromatic N) is 1. The monoisotopic (exact) mass is 467 g/mol. The minimum absolute atomic E-state index is 0.307. The van der Waals surface area contributed by atoms with Gasteiger partial charge in [0.15, 0.2) is 0 Å². The van der Waals surface area contributed by atoms with Gasteiger partial charge >= 0.3 is 0 Å². The van der Waals surface area contributed by atoms with Crippen LogP contribution in [0.15, 0.2) is 83.8 Å². The van der Waals surface area contributed by atoms with E-state index in [0.717, 1.165) is 47.8 Å². The van der Waals surface area contributed by atoms with Gasteiger partial charge in [-0.05, 0) is 61.3 Å². The summed E-state index contributed by atoms with van der Waals surface area (Å²) in [7, 11) is 0. The van der Waals surface area contributed by atoms with Crippen LogP contribution in [0.4, 0.5) is 0 Å². The molecule has 0 spiro atoms. The molecule has 0 saturated carbocycles. The summed E-state index contributed by atoms with van der Waals surface area (Å²) in [5.74, 6) is 4.32. The van der Waals surface area contributed by atoms with Crippen molar-refractivity contribution in [3.63, 3.8) is 0 Å². The smallest absolute Gasteiger partial charge is 0.133 e. The van der Waals surface area contributed by atoms with E-state index >= 15 is 0 Å². The molecule has 0 unspecified atom stereocenters. The quantitative estimate of drug-likeness (QED) is 0.515. The molecule has 0 aromatic heterocycles. The second kappa shape index (κ2) is 13.7. The second-order valence-electron chi connectivity index (χ2n) is 8.02. The Morgan fingerprint density at radius 2 is 1.70 bits per heavy atom. The van der Waals surface area contributed by atoms with Crippen molar-refractivity contribution in [3.05, 3.63) is 78.9 Å². The topological polar surface area (TPSA) is 62.2 Å². The summed E-state index contributed by atoms with van der Waals surface area (Å²) < 4.78 is 11.0. The molecular formula is C27H33NO4S. The predicted molar refractivity (Wildman–Crippen MR) is 135 cm³/mol. The molecule has 176 valence electrons. The Morgan fingerprint density at radius 1 is 0.970 bits per heavy atom. The van der Waals surface area contributed by atoms with Crippen LogP contribution < -0.4 is 9.47 Å². The SMILES string of the molecule is C[C@H]1CCN(CCOc2ccccc2)C1.Oc1ccc2c(c1)SCCO2.Oc1ccccc1. The number of likely N-dealkylation sites (tertiary alicyclic amines) is 1. The van der Waals surface area contributed by atoms with E-state index in [1.54, 1.807) is 54.2 Å². The highest BCUT2D eigenvalue weighted by Gasteiger charge is 2.17. The molecule has 0 bridgehead atoms. The third-order valence-electron chi connectivity index (χ3n) is 5.21. The molecule has 2 aliphatic rings. The molecule has 1 saturated heterocycles. The fourth-order valence-corrected chi connectivity index (χ4v) is 4.36. The first kappa shape index (κ1) is 24.8. The molecule has 5 nitrogen and oxygen atoms in total. The molecule has 0 aliphatic carbocycles. The zero-order valence-corrected chi connectivity index (χ0v) is 19.9. The van der Waals surface area contributed by atoms with Crippen LogP contribution >= 0.6 is 11.8 Å². The Kier molecular flexibility index (Phi) is 10.3. The summed E-state index contributed by atoms with van der Waals surface area (Å²) in [6.07, 6.45) is 1.34. The van der Waals surface area contributed by atoms with Crippen LogP contribution in [0.25, 0.3) is 0 Å². The van der Waals surface area contributed by atoms with Crippen LogP contribution in [0, 0.1) is 5.92 Å². The maximum Gasteiger partial charge on any atom is 0.133 e. The van der Waals surface area contributed by atoms with Crippen molar-refractivity contribution in [3.8, 4) is 23.0 Å². The highest BCUT2D eigenvalue weighted by molar-refractivity contribution is 7.99. The number of phenols is 2. The minimum Gasteiger partial charge on any atom is -0.508 e. The summed E-state index contributed by atoms with van der Waals surface area (Å²) in [5, 5.41) is 17.8. The van der Waals surface area contributed by atoms with Gasteiger partial charge in [-0.25, -0.2) is 0 Å². The number of fused-ring (bicyclic) bond motifs is 1. The van der Waals surface area contributed by atoms with Crippen LogP contribution in [-0.2, 0) is 0 Å². The van der Waals surface area contributed by atoms with Crippen LogP contribution in [0.5, 0.6) is 23.0 Å². The largest absolute Gasteiger partial charge is 0.508 e. The van der Waals surface area contributed by atoms with E-state index in [9.17, 15) is 0 Å². The number of aromatic hydroxyl groups is 2. The van der Waals surface area contributed by atoms with Crippen molar-refractivity contribution in [2.75, 3.05) is 38.6 Å². The first-order chi connectivity index (χ1) is 16.1. The van der Waals surface area contributed by atoms with Crippen molar-refractivity contribution in [1.82, 2.24) is 4.90 Å². The van der Waals surface area contributed by atoms with E-state index in [2.05, 4.69) is 11.8 Å². The molecule has 0 amide bonds. The van der Waals surface area contributed by atoms with Crippen molar-refractivity contribution in [2.45, 2.75) is 18.2 Å². The van der Waals surface area contributed by atoms with Crippen LogP contribution in [0.3, 0.4) is 0 Å². The standard InChI is InChI=1S/C13H19NO.C8H8O2S.C6H6O/c1-12-7-8-14(11-12)9-10-15-13-5-3-2-4-6-13;9-6-1-2-7-8(5-6)11-4-3-10-7;7-6-4-2-1-3-5-6/h2-6,12H,7-11H2,1H3;1-2,5,9H,3-4H2;1-5,7H/t12-;;/m0../s1. The molecule has 33 heavy (non-hydrogen) atoms. The van der Waals surface area contributed by atoms with E-state index in [0.29, 0.717) is 11.5 Å². The average molecular weight is 468 g/mol. The van der Waals surface area contributed by atoms with E-state index in [-0.39, 0.29) is 0 Å². The Balaban J connectivity index is 0.000000149. The Bertz CT molecular complexity index is 939. The zero-order chi connectivity index (χ0) is 23.3. The number of ether oxygens (including phenoxy) is 2. The number of hydrogen-bond acceptors (Lipinski definition) is 6. The molecule has 2 N–H and O–H groups in total. The normalized spacial score (nSPS) is 16.8. The Hall–Kier alpha value is -2.83. The molecule has 3 aromatic rings. The van der Waals surface area contributed by atoms with Crippen LogP contribution in [0.2, 0.25) is 0 Å². The highest BCUT2D eigenvalue weighted by atomic mass is 32.2. The zero-order valence-electron chi connectivity index (χ0n) is 19.1. The average Bonchev–Trinajstić information content (AvgIpc) is 3.26. The highest BCUT2D eigenvalue weighted by Crippen LogP contribution is 2.35. The van der Waals surface area contributed by atoms with Gasteiger partial charge in [-0.15, -0.1) is 11.8 Å². The summed E-state index contributed by atoms with van der Waals surface area (Å²) >= 11 is 1.72. The molecule has 6 heteroatoms. The van der Waals surface area contributed by atoms with Crippen molar-refractivity contribution in [1.29, 1.82) is 0 Å². The first-order valence-corrected chi connectivity index (χ1v) is 12.3. The molecule has 3 aromatic carbocycles. The summed E-state index contributed by atoms with van der Waals surface area (Å²) in [5.41, 5.74) is 0. The third-order valence-corrected chi connectivity index (χ3v) is 6.21. The van der Waals surface area contributed by atoms with Gasteiger partial charge in [0, 0.05) is 18.8 Å². The van der Waals surface area contributed by atoms with E-state index in [1.807, 2.05) is 36.4 Å². The summed E-state index contributed by atoms with van der Waals surface area (Å²) in [4.78, 5) is 3.52. The lowest BCUT2D eigenvalue weighted by molar-refractivity contribution is 0.234.